The van der Waals surface area contributed by atoms with E-state index in [-0.39, 0.29) is 5.56 Å². The van der Waals surface area contributed by atoms with Crippen molar-refractivity contribution < 1.29 is 4.84 Å². The molecule has 2 heterocycles. The van der Waals surface area contributed by atoms with Gasteiger partial charge in [-0.2, -0.15) is 4.73 Å². The van der Waals surface area contributed by atoms with E-state index in [1.165, 1.54) is 10.8 Å². The van der Waals surface area contributed by atoms with Gasteiger partial charge in [-0.05, 0) is 19.1 Å². The van der Waals surface area contributed by atoms with Crippen molar-refractivity contribution in [1.29, 1.82) is 0 Å². The van der Waals surface area contributed by atoms with Crippen molar-refractivity contribution in [3.63, 3.8) is 0 Å². The fourth-order valence-electron chi connectivity index (χ4n) is 1.25. The minimum absolute atomic E-state index is 0.178. The SMILES string of the molecule is Cc1ccc(COn2ccccc2=O)cn1. The van der Waals surface area contributed by atoms with Crippen LogP contribution in [0.2, 0.25) is 0 Å². The smallest absolute Gasteiger partial charge is 0.282 e. The molecule has 0 atom stereocenters. The van der Waals surface area contributed by atoms with Crippen molar-refractivity contribution in [1.82, 2.24) is 9.71 Å². The predicted octanol–water partition coefficient (Wildman–Crippen LogP) is 1.18. The lowest BCUT2D eigenvalue weighted by molar-refractivity contribution is 0.0889. The lowest BCUT2D eigenvalue weighted by atomic mass is 10.3. The van der Waals surface area contributed by atoms with Gasteiger partial charge >= 0.3 is 0 Å². The molecule has 0 spiro atoms. The van der Waals surface area contributed by atoms with Gasteiger partial charge in [0.05, 0.1) is 0 Å². The van der Waals surface area contributed by atoms with Crippen LogP contribution in [0.25, 0.3) is 0 Å². The highest BCUT2D eigenvalue weighted by Crippen LogP contribution is 1.99. The summed E-state index contributed by atoms with van der Waals surface area (Å²) in [6.45, 7) is 2.25. The van der Waals surface area contributed by atoms with Gasteiger partial charge in [0.25, 0.3) is 5.56 Å². The maximum atomic E-state index is 11.3. The Morgan fingerprint density at radius 2 is 2.19 bits per heavy atom. The molecule has 2 aromatic heterocycles. The van der Waals surface area contributed by atoms with Crippen LogP contribution >= 0.6 is 0 Å². The fourth-order valence-corrected chi connectivity index (χ4v) is 1.25. The Morgan fingerprint density at radius 1 is 1.31 bits per heavy atom. The Hall–Kier alpha value is -2.10. The van der Waals surface area contributed by atoms with Gasteiger partial charge in [-0.1, -0.05) is 12.1 Å². The Bertz CT molecular complexity index is 517. The van der Waals surface area contributed by atoms with Crippen molar-refractivity contribution in [2.45, 2.75) is 13.5 Å². The summed E-state index contributed by atoms with van der Waals surface area (Å²) in [5, 5.41) is 0. The third-order valence-electron chi connectivity index (χ3n) is 2.13. The summed E-state index contributed by atoms with van der Waals surface area (Å²) in [6.07, 6.45) is 3.33. The summed E-state index contributed by atoms with van der Waals surface area (Å²) in [6, 6.07) is 8.71. The van der Waals surface area contributed by atoms with Gasteiger partial charge in [0, 0.05) is 29.7 Å². The highest BCUT2D eigenvalue weighted by molar-refractivity contribution is 5.12. The molecule has 2 rings (SSSR count). The van der Waals surface area contributed by atoms with E-state index in [2.05, 4.69) is 4.98 Å². The Kier molecular flexibility index (Phi) is 3.00. The zero-order chi connectivity index (χ0) is 11.4. The molecule has 0 unspecified atom stereocenters. The normalized spacial score (nSPS) is 10.1. The first-order chi connectivity index (χ1) is 7.75. The van der Waals surface area contributed by atoms with Crippen LogP contribution in [-0.2, 0) is 6.61 Å². The molecule has 0 aliphatic carbocycles. The maximum absolute atomic E-state index is 11.3. The van der Waals surface area contributed by atoms with Gasteiger partial charge in [-0.15, -0.1) is 0 Å². The molecule has 0 fully saturated rings. The molecule has 2 aromatic rings. The predicted molar refractivity (Wildman–Crippen MR) is 60.0 cm³/mol. The molecule has 16 heavy (non-hydrogen) atoms. The standard InChI is InChI=1S/C12H12N2O2/c1-10-5-6-11(8-13-10)9-16-14-7-3-2-4-12(14)15/h2-8H,9H2,1H3. The maximum Gasteiger partial charge on any atom is 0.282 e. The minimum Gasteiger partial charge on any atom is -0.406 e. The second kappa shape index (κ2) is 4.61. The third kappa shape index (κ3) is 2.48. The quantitative estimate of drug-likeness (QED) is 0.773. The van der Waals surface area contributed by atoms with Gasteiger partial charge in [-0.25, -0.2) is 0 Å². The van der Waals surface area contributed by atoms with Gasteiger partial charge in [0.1, 0.15) is 6.61 Å². The summed E-state index contributed by atoms with van der Waals surface area (Å²) in [4.78, 5) is 20.8. The highest BCUT2D eigenvalue weighted by Gasteiger charge is 1.96. The summed E-state index contributed by atoms with van der Waals surface area (Å²) >= 11 is 0. The van der Waals surface area contributed by atoms with Gasteiger partial charge in [0.2, 0.25) is 0 Å². The molecule has 0 amide bonds. The van der Waals surface area contributed by atoms with E-state index in [1.807, 2.05) is 19.1 Å². The number of hydrogen-bond donors (Lipinski definition) is 0. The third-order valence-corrected chi connectivity index (χ3v) is 2.13. The zero-order valence-electron chi connectivity index (χ0n) is 8.96. The van der Waals surface area contributed by atoms with E-state index < -0.39 is 0 Å². The van der Waals surface area contributed by atoms with Crippen molar-refractivity contribution in [2.75, 3.05) is 0 Å². The Labute approximate surface area is 93.1 Å². The molecule has 0 aromatic carbocycles. The first-order valence-corrected chi connectivity index (χ1v) is 4.98. The minimum atomic E-state index is -0.178. The number of rotatable bonds is 3. The molecule has 82 valence electrons. The molecule has 0 radical (unpaired) electrons. The average Bonchev–Trinajstić information content (AvgIpc) is 2.30. The molecule has 0 saturated heterocycles. The van der Waals surface area contributed by atoms with Gasteiger partial charge in [-0.3, -0.25) is 9.78 Å². The van der Waals surface area contributed by atoms with E-state index in [0.29, 0.717) is 6.61 Å². The Balaban J connectivity index is 2.05. The zero-order valence-corrected chi connectivity index (χ0v) is 8.96. The van der Waals surface area contributed by atoms with Crippen molar-refractivity contribution in [3.8, 4) is 0 Å². The number of hydrogen-bond acceptors (Lipinski definition) is 3. The monoisotopic (exact) mass is 216 g/mol. The molecular weight excluding hydrogens is 204 g/mol. The van der Waals surface area contributed by atoms with E-state index in [4.69, 9.17) is 4.84 Å². The van der Waals surface area contributed by atoms with Gasteiger partial charge in [0.15, 0.2) is 0 Å². The first kappa shape index (κ1) is 10.4. The van der Waals surface area contributed by atoms with Crippen LogP contribution in [0.1, 0.15) is 11.3 Å². The van der Waals surface area contributed by atoms with Crippen molar-refractivity contribution in [3.05, 3.63) is 64.3 Å². The van der Waals surface area contributed by atoms with Crippen molar-refractivity contribution >= 4 is 0 Å². The molecule has 4 heteroatoms. The van der Waals surface area contributed by atoms with E-state index in [1.54, 1.807) is 24.5 Å². The number of aryl methyl sites for hydroxylation is 1. The van der Waals surface area contributed by atoms with Crippen LogP contribution in [-0.4, -0.2) is 9.71 Å². The van der Waals surface area contributed by atoms with E-state index >= 15 is 0 Å². The fraction of sp³-hybridized carbons (Fsp3) is 0.167. The van der Waals surface area contributed by atoms with Gasteiger partial charge < -0.3 is 4.84 Å². The summed E-state index contributed by atoms with van der Waals surface area (Å²) < 4.78 is 1.21. The molecule has 0 aliphatic heterocycles. The largest absolute Gasteiger partial charge is 0.406 e. The second-order valence-electron chi connectivity index (χ2n) is 3.45. The summed E-state index contributed by atoms with van der Waals surface area (Å²) in [5.41, 5.74) is 1.71. The molecule has 0 bridgehead atoms. The van der Waals surface area contributed by atoms with E-state index in [9.17, 15) is 4.79 Å². The van der Waals surface area contributed by atoms with Crippen molar-refractivity contribution in [2.24, 2.45) is 0 Å². The molecule has 4 nitrogen and oxygen atoms in total. The summed E-state index contributed by atoms with van der Waals surface area (Å²) in [5.74, 6) is 0. The van der Waals surface area contributed by atoms with Crippen LogP contribution in [0.3, 0.4) is 0 Å². The van der Waals surface area contributed by atoms with Crippen LogP contribution in [0, 0.1) is 6.92 Å². The molecule has 0 saturated carbocycles. The number of nitrogens with zero attached hydrogens (tertiary/aromatic N) is 2. The number of aromatic nitrogens is 2. The lowest BCUT2D eigenvalue weighted by Gasteiger charge is -2.07. The summed E-state index contributed by atoms with van der Waals surface area (Å²) in [7, 11) is 0. The topological polar surface area (TPSA) is 44.1 Å². The first-order valence-electron chi connectivity index (χ1n) is 4.98. The number of pyridine rings is 2. The van der Waals surface area contributed by atoms with Crippen LogP contribution in [0.5, 0.6) is 0 Å². The van der Waals surface area contributed by atoms with Crippen LogP contribution in [0.4, 0.5) is 0 Å². The average molecular weight is 216 g/mol. The molecular formula is C12H12N2O2. The lowest BCUT2D eigenvalue weighted by Crippen LogP contribution is -2.24. The molecule has 0 aliphatic rings. The van der Waals surface area contributed by atoms with Crippen LogP contribution < -0.4 is 10.4 Å². The molecule has 0 N–H and O–H groups in total. The highest BCUT2D eigenvalue weighted by atomic mass is 16.7. The second-order valence-corrected chi connectivity index (χ2v) is 3.45. The Morgan fingerprint density at radius 3 is 2.88 bits per heavy atom. The van der Waals surface area contributed by atoms with Crippen LogP contribution in [0.15, 0.2) is 47.5 Å². The van der Waals surface area contributed by atoms with E-state index in [0.717, 1.165) is 11.3 Å².